The number of rotatable bonds is 1. The molecule has 4 nitrogen and oxygen atoms in total. The van der Waals surface area contributed by atoms with E-state index in [9.17, 15) is 14.4 Å². The van der Waals surface area contributed by atoms with Crippen LogP contribution >= 0.6 is 0 Å². The quantitative estimate of drug-likeness (QED) is 0.373. The summed E-state index contributed by atoms with van der Waals surface area (Å²) in [5.41, 5.74) is 0.448. The number of ketones is 2. The van der Waals surface area contributed by atoms with Crippen LogP contribution in [-0.2, 0) is 19.1 Å². The second-order valence-electron chi connectivity index (χ2n) is 15.1. The van der Waals surface area contributed by atoms with Crippen molar-refractivity contribution in [2.75, 3.05) is 7.11 Å². The molecular weight excluding hydrogens is 448 g/mol. The Bertz CT molecular complexity index is 1110. The summed E-state index contributed by atoms with van der Waals surface area (Å²) in [6.07, 6.45) is 10.5. The number of ether oxygens (including phenoxy) is 1. The molecule has 0 aromatic heterocycles. The van der Waals surface area contributed by atoms with Gasteiger partial charge in [0.15, 0.2) is 11.6 Å². The van der Waals surface area contributed by atoms with Crippen molar-refractivity contribution in [2.45, 2.75) is 100 Å². The van der Waals surface area contributed by atoms with E-state index in [1.807, 2.05) is 13.0 Å². The number of esters is 1. The van der Waals surface area contributed by atoms with Gasteiger partial charge in [-0.2, -0.15) is 0 Å². The molecule has 5 rings (SSSR count). The van der Waals surface area contributed by atoms with Crippen molar-refractivity contribution in [2.24, 2.45) is 50.2 Å². The van der Waals surface area contributed by atoms with Crippen LogP contribution in [0, 0.1) is 50.2 Å². The summed E-state index contributed by atoms with van der Waals surface area (Å²) in [4.78, 5) is 40.9. The molecule has 0 aliphatic heterocycles. The molecule has 7 atom stereocenters. The summed E-state index contributed by atoms with van der Waals surface area (Å²) < 4.78 is 5.42. The summed E-state index contributed by atoms with van der Waals surface area (Å²) in [7, 11) is 1.51. The first-order valence-electron chi connectivity index (χ1n) is 14.1. The van der Waals surface area contributed by atoms with Gasteiger partial charge >= 0.3 is 5.97 Å². The predicted octanol–water partition coefficient (Wildman–Crippen LogP) is 6.88. The van der Waals surface area contributed by atoms with E-state index in [2.05, 4.69) is 54.5 Å². The smallest absolute Gasteiger partial charge is 0.312 e. The maximum absolute atomic E-state index is 14.4. The Morgan fingerprint density at radius 3 is 2.22 bits per heavy atom. The molecular formula is C32H46O4. The molecule has 5 aliphatic rings. The molecule has 36 heavy (non-hydrogen) atoms. The molecule has 3 saturated carbocycles. The molecule has 0 amide bonds. The lowest BCUT2D eigenvalue weighted by Crippen LogP contribution is -2.65. The number of fused-ring (bicyclic) bond motifs is 7. The van der Waals surface area contributed by atoms with Crippen molar-refractivity contribution in [3.8, 4) is 0 Å². The fraction of sp³-hybridized carbons (Fsp3) is 0.781. The standard InChI is InChI=1S/C32H46O4/c1-19-17-29(6)22(28(4,5)25(19)34)10-11-30(7)23(29)16-21(33)24-20-18-27(2,3)12-14-32(20,26(35)36-9)15-13-31(24,30)8/h16-17,20,22,24H,10-15,18H2,1-9H3. The summed E-state index contributed by atoms with van der Waals surface area (Å²) >= 11 is 0. The Morgan fingerprint density at radius 1 is 0.944 bits per heavy atom. The van der Waals surface area contributed by atoms with E-state index in [1.54, 1.807) is 0 Å². The van der Waals surface area contributed by atoms with Crippen LogP contribution in [0.5, 0.6) is 0 Å². The number of hydrogen-bond donors (Lipinski definition) is 0. The third kappa shape index (κ3) is 2.96. The van der Waals surface area contributed by atoms with Gasteiger partial charge in [-0.1, -0.05) is 60.1 Å². The number of carbonyl (C=O) groups excluding carboxylic acids is 3. The highest BCUT2D eigenvalue weighted by molar-refractivity contribution is 6.01. The molecule has 0 aromatic carbocycles. The minimum atomic E-state index is -0.553. The SMILES string of the molecule is COC(=O)C12CCC(C)(C)CC1C1C(=O)C=C3C4(C)C=C(C)C(=O)C(C)(C)C4CCC3(C)C1(C)CC2. The van der Waals surface area contributed by atoms with Gasteiger partial charge in [0.1, 0.15) is 0 Å². The van der Waals surface area contributed by atoms with Gasteiger partial charge in [0.05, 0.1) is 12.5 Å². The lowest BCUT2D eigenvalue weighted by atomic mass is 9.34. The minimum Gasteiger partial charge on any atom is -0.469 e. The number of hydrogen-bond acceptors (Lipinski definition) is 4. The van der Waals surface area contributed by atoms with Gasteiger partial charge in [0, 0.05) is 16.7 Å². The molecule has 0 spiro atoms. The highest BCUT2D eigenvalue weighted by atomic mass is 16.5. The van der Waals surface area contributed by atoms with Crippen LogP contribution in [-0.4, -0.2) is 24.6 Å². The maximum Gasteiger partial charge on any atom is 0.312 e. The molecule has 0 radical (unpaired) electrons. The Hall–Kier alpha value is -1.71. The van der Waals surface area contributed by atoms with Crippen LogP contribution in [0.4, 0.5) is 0 Å². The molecule has 0 N–H and O–H groups in total. The fourth-order valence-corrected chi connectivity index (χ4v) is 10.4. The molecule has 7 unspecified atom stereocenters. The van der Waals surface area contributed by atoms with Crippen LogP contribution in [0.25, 0.3) is 0 Å². The summed E-state index contributed by atoms with van der Waals surface area (Å²) in [5.74, 6) is 0.330. The van der Waals surface area contributed by atoms with Crippen molar-refractivity contribution in [1.29, 1.82) is 0 Å². The Labute approximate surface area is 217 Å². The first-order valence-corrected chi connectivity index (χ1v) is 14.1. The van der Waals surface area contributed by atoms with Crippen molar-refractivity contribution in [3.05, 3.63) is 23.3 Å². The van der Waals surface area contributed by atoms with Gasteiger partial charge < -0.3 is 4.74 Å². The number of Topliss-reactive ketones (excluding diaryl/α,β-unsaturated/α-hetero) is 1. The highest BCUT2D eigenvalue weighted by Gasteiger charge is 2.70. The van der Waals surface area contributed by atoms with Gasteiger partial charge in [0.25, 0.3) is 0 Å². The highest BCUT2D eigenvalue weighted by Crippen LogP contribution is 2.74. The maximum atomic E-state index is 14.4. The Kier molecular flexibility index (Phi) is 5.36. The molecule has 5 aliphatic carbocycles. The Morgan fingerprint density at radius 2 is 1.58 bits per heavy atom. The van der Waals surface area contributed by atoms with Crippen molar-refractivity contribution in [3.63, 3.8) is 0 Å². The first-order chi connectivity index (χ1) is 16.5. The lowest BCUT2D eigenvalue weighted by molar-refractivity contribution is -0.191. The van der Waals surface area contributed by atoms with Gasteiger partial charge in [-0.25, -0.2) is 0 Å². The van der Waals surface area contributed by atoms with Gasteiger partial charge in [-0.05, 0) is 91.6 Å². The topological polar surface area (TPSA) is 60.4 Å². The average molecular weight is 495 g/mol. The van der Waals surface area contributed by atoms with Gasteiger partial charge in [0.2, 0.25) is 0 Å². The van der Waals surface area contributed by atoms with E-state index in [0.29, 0.717) is 0 Å². The van der Waals surface area contributed by atoms with Crippen LogP contribution in [0.3, 0.4) is 0 Å². The minimum absolute atomic E-state index is 0.00163. The largest absolute Gasteiger partial charge is 0.469 e. The molecule has 3 fully saturated rings. The van der Waals surface area contributed by atoms with E-state index in [1.165, 1.54) is 12.7 Å². The van der Waals surface area contributed by atoms with Crippen LogP contribution < -0.4 is 0 Å². The van der Waals surface area contributed by atoms with E-state index in [0.717, 1.165) is 50.5 Å². The van der Waals surface area contributed by atoms with Crippen molar-refractivity contribution < 1.29 is 19.1 Å². The predicted molar refractivity (Wildman–Crippen MR) is 141 cm³/mol. The second-order valence-corrected chi connectivity index (χ2v) is 15.1. The second kappa shape index (κ2) is 7.44. The molecule has 0 heterocycles. The third-order valence-corrected chi connectivity index (χ3v) is 12.5. The fourth-order valence-electron chi connectivity index (χ4n) is 10.4. The first kappa shape index (κ1) is 25.9. The summed E-state index contributed by atoms with van der Waals surface area (Å²) in [6.45, 7) is 17.7. The number of carbonyl (C=O) groups is 3. The third-order valence-electron chi connectivity index (χ3n) is 12.5. The van der Waals surface area contributed by atoms with E-state index >= 15 is 0 Å². The number of allylic oxidation sites excluding steroid dienone is 4. The monoisotopic (exact) mass is 494 g/mol. The van der Waals surface area contributed by atoms with Gasteiger partial charge in [-0.3, -0.25) is 14.4 Å². The molecule has 0 bridgehead atoms. The zero-order chi connectivity index (χ0) is 26.7. The van der Waals surface area contributed by atoms with Crippen LogP contribution in [0.15, 0.2) is 23.3 Å². The molecule has 0 aromatic rings. The van der Waals surface area contributed by atoms with E-state index in [-0.39, 0.29) is 56.9 Å². The van der Waals surface area contributed by atoms with Gasteiger partial charge in [-0.15, -0.1) is 0 Å². The average Bonchev–Trinajstić information content (AvgIpc) is 2.78. The van der Waals surface area contributed by atoms with E-state index < -0.39 is 10.8 Å². The van der Waals surface area contributed by atoms with Crippen molar-refractivity contribution >= 4 is 17.5 Å². The van der Waals surface area contributed by atoms with Crippen LogP contribution in [0.1, 0.15) is 100 Å². The zero-order valence-electron chi connectivity index (χ0n) is 24.0. The summed E-state index contributed by atoms with van der Waals surface area (Å²) in [6, 6.07) is 0. The zero-order valence-corrected chi connectivity index (χ0v) is 24.0. The number of methoxy groups -OCH3 is 1. The Balaban J connectivity index is 1.69. The van der Waals surface area contributed by atoms with Crippen molar-refractivity contribution in [1.82, 2.24) is 0 Å². The van der Waals surface area contributed by atoms with E-state index in [4.69, 9.17) is 4.74 Å². The molecule has 198 valence electrons. The van der Waals surface area contributed by atoms with Crippen LogP contribution in [0.2, 0.25) is 0 Å². The normalized spacial score (nSPS) is 46.9. The lowest BCUT2D eigenvalue weighted by Gasteiger charge is -2.68. The molecule has 4 heteroatoms. The summed E-state index contributed by atoms with van der Waals surface area (Å²) in [5, 5.41) is 0. The molecule has 0 saturated heterocycles.